The molecule has 0 unspecified atom stereocenters. The van der Waals surface area contributed by atoms with Gasteiger partial charge in [0.1, 0.15) is 0 Å². The molecule has 0 bridgehead atoms. The second kappa shape index (κ2) is 8.63. The molecule has 1 saturated heterocycles. The number of carbonyl (C=O) groups excluding carboxylic acids is 1. The monoisotopic (exact) mass is 374 g/mol. The van der Waals surface area contributed by atoms with Crippen molar-refractivity contribution in [3.05, 3.63) is 64.7 Å². The van der Waals surface area contributed by atoms with Gasteiger partial charge in [0, 0.05) is 42.6 Å². The van der Waals surface area contributed by atoms with Gasteiger partial charge >= 0.3 is 0 Å². The summed E-state index contributed by atoms with van der Waals surface area (Å²) < 4.78 is 0. The molecule has 2 aromatic rings. The smallest absolute Gasteiger partial charge is 0.232 e. The predicted octanol–water partition coefficient (Wildman–Crippen LogP) is 4.23. The zero-order valence-corrected chi connectivity index (χ0v) is 16.0. The van der Waals surface area contributed by atoms with E-state index in [0.717, 1.165) is 42.6 Å². The Balaban J connectivity index is 1.43. The summed E-state index contributed by atoms with van der Waals surface area (Å²) in [6, 6.07) is 16.4. The van der Waals surface area contributed by atoms with Gasteiger partial charge in [-0.2, -0.15) is 0 Å². The minimum Gasteiger partial charge on any atom is -0.368 e. The SMILES string of the molecule is Cc1ccc(CSCC(=O)N2CCN(c3cccc(Cl)c3)CC2)cc1. The number of hydrogen-bond acceptors (Lipinski definition) is 3. The number of anilines is 1. The molecule has 25 heavy (non-hydrogen) atoms. The zero-order chi connectivity index (χ0) is 17.6. The first-order valence-electron chi connectivity index (χ1n) is 8.53. The molecule has 1 amide bonds. The average molecular weight is 375 g/mol. The normalized spacial score (nSPS) is 14.6. The maximum atomic E-state index is 12.4. The Morgan fingerprint density at radius 1 is 1.08 bits per heavy atom. The number of piperazine rings is 1. The summed E-state index contributed by atoms with van der Waals surface area (Å²) in [5.41, 5.74) is 3.67. The zero-order valence-electron chi connectivity index (χ0n) is 14.5. The second-order valence-corrected chi connectivity index (χ2v) is 7.75. The van der Waals surface area contributed by atoms with Crippen molar-refractivity contribution in [1.29, 1.82) is 0 Å². The number of benzene rings is 2. The summed E-state index contributed by atoms with van der Waals surface area (Å²) >= 11 is 7.76. The topological polar surface area (TPSA) is 23.6 Å². The molecule has 1 heterocycles. The van der Waals surface area contributed by atoms with Crippen LogP contribution in [-0.4, -0.2) is 42.7 Å². The van der Waals surface area contributed by atoms with E-state index in [0.29, 0.717) is 5.75 Å². The lowest BCUT2D eigenvalue weighted by Crippen LogP contribution is -2.49. The molecule has 0 atom stereocenters. The van der Waals surface area contributed by atoms with E-state index in [1.807, 2.05) is 23.1 Å². The van der Waals surface area contributed by atoms with Crippen LogP contribution in [0.25, 0.3) is 0 Å². The number of carbonyl (C=O) groups is 1. The van der Waals surface area contributed by atoms with Crippen molar-refractivity contribution in [2.45, 2.75) is 12.7 Å². The van der Waals surface area contributed by atoms with Gasteiger partial charge in [-0.1, -0.05) is 47.5 Å². The van der Waals surface area contributed by atoms with Crippen LogP contribution in [0.4, 0.5) is 5.69 Å². The number of thioether (sulfide) groups is 1. The van der Waals surface area contributed by atoms with Gasteiger partial charge in [0.15, 0.2) is 0 Å². The first-order valence-corrected chi connectivity index (χ1v) is 10.1. The van der Waals surface area contributed by atoms with Crippen LogP contribution in [0.5, 0.6) is 0 Å². The van der Waals surface area contributed by atoms with Crippen LogP contribution in [0.3, 0.4) is 0 Å². The van der Waals surface area contributed by atoms with Gasteiger partial charge in [-0.25, -0.2) is 0 Å². The van der Waals surface area contributed by atoms with Crippen LogP contribution in [0, 0.1) is 6.92 Å². The molecule has 1 fully saturated rings. The minimum atomic E-state index is 0.239. The Morgan fingerprint density at radius 3 is 2.48 bits per heavy atom. The van der Waals surface area contributed by atoms with Crippen molar-refractivity contribution >= 4 is 35.0 Å². The number of aryl methyl sites for hydroxylation is 1. The Morgan fingerprint density at radius 2 is 1.80 bits per heavy atom. The van der Waals surface area contributed by atoms with Gasteiger partial charge in [0.2, 0.25) is 5.91 Å². The number of rotatable bonds is 5. The summed E-state index contributed by atoms with van der Waals surface area (Å²) in [7, 11) is 0. The molecule has 132 valence electrons. The molecule has 0 spiro atoms. The third-order valence-corrected chi connectivity index (χ3v) is 5.64. The van der Waals surface area contributed by atoms with E-state index in [-0.39, 0.29) is 5.91 Å². The third-order valence-electron chi connectivity index (χ3n) is 4.42. The molecule has 1 aliphatic rings. The summed E-state index contributed by atoms with van der Waals surface area (Å²) in [6.07, 6.45) is 0. The Kier molecular flexibility index (Phi) is 6.27. The molecule has 0 saturated carbocycles. The Hall–Kier alpha value is -1.65. The minimum absolute atomic E-state index is 0.239. The fourth-order valence-corrected chi connectivity index (χ4v) is 3.99. The van der Waals surface area contributed by atoms with E-state index in [9.17, 15) is 4.79 Å². The van der Waals surface area contributed by atoms with Crippen molar-refractivity contribution < 1.29 is 4.79 Å². The summed E-state index contributed by atoms with van der Waals surface area (Å²) in [5.74, 6) is 1.67. The highest BCUT2D eigenvalue weighted by atomic mass is 35.5. The largest absolute Gasteiger partial charge is 0.368 e. The second-order valence-electron chi connectivity index (χ2n) is 6.33. The van der Waals surface area contributed by atoms with Gasteiger partial charge in [-0.3, -0.25) is 4.79 Å². The lowest BCUT2D eigenvalue weighted by Gasteiger charge is -2.36. The van der Waals surface area contributed by atoms with Crippen molar-refractivity contribution in [2.24, 2.45) is 0 Å². The molecule has 3 nitrogen and oxygen atoms in total. The van der Waals surface area contributed by atoms with Crippen LogP contribution in [0.1, 0.15) is 11.1 Å². The van der Waals surface area contributed by atoms with Crippen LogP contribution in [-0.2, 0) is 10.5 Å². The molecule has 0 aliphatic carbocycles. The fraction of sp³-hybridized carbons (Fsp3) is 0.350. The molecule has 0 radical (unpaired) electrons. The van der Waals surface area contributed by atoms with Gasteiger partial charge in [-0.05, 0) is 30.7 Å². The maximum absolute atomic E-state index is 12.4. The van der Waals surface area contributed by atoms with E-state index >= 15 is 0 Å². The van der Waals surface area contributed by atoms with Crippen LogP contribution in [0.2, 0.25) is 5.02 Å². The standard InChI is InChI=1S/C20H23ClN2OS/c1-16-5-7-17(8-6-16)14-25-15-20(24)23-11-9-22(10-12-23)19-4-2-3-18(21)13-19/h2-8,13H,9-12,14-15H2,1H3. The first-order chi connectivity index (χ1) is 12.1. The van der Waals surface area contributed by atoms with Gasteiger partial charge in [0.25, 0.3) is 0 Å². The van der Waals surface area contributed by atoms with E-state index in [4.69, 9.17) is 11.6 Å². The molecule has 2 aromatic carbocycles. The average Bonchev–Trinajstić information content (AvgIpc) is 2.63. The van der Waals surface area contributed by atoms with Crippen molar-refractivity contribution in [3.63, 3.8) is 0 Å². The summed E-state index contributed by atoms with van der Waals surface area (Å²) in [6.45, 7) is 5.35. The number of amides is 1. The maximum Gasteiger partial charge on any atom is 0.232 e. The molecule has 5 heteroatoms. The van der Waals surface area contributed by atoms with Gasteiger partial charge < -0.3 is 9.80 Å². The van der Waals surface area contributed by atoms with E-state index in [1.54, 1.807) is 11.8 Å². The van der Waals surface area contributed by atoms with Gasteiger partial charge in [0.05, 0.1) is 5.75 Å². The molecular weight excluding hydrogens is 352 g/mol. The van der Waals surface area contributed by atoms with Crippen LogP contribution in [0.15, 0.2) is 48.5 Å². The molecule has 0 N–H and O–H groups in total. The van der Waals surface area contributed by atoms with Crippen molar-refractivity contribution in [3.8, 4) is 0 Å². The Labute approximate surface area is 159 Å². The number of nitrogens with zero attached hydrogens (tertiary/aromatic N) is 2. The van der Waals surface area contributed by atoms with E-state index in [2.05, 4.69) is 42.2 Å². The summed E-state index contributed by atoms with van der Waals surface area (Å²) in [5, 5.41) is 0.753. The molecular formula is C20H23ClN2OS. The summed E-state index contributed by atoms with van der Waals surface area (Å²) in [4.78, 5) is 16.7. The quantitative estimate of drug-likeness (QED) is 0.782. The number of hydrogen-bond donors (Lipinski definition) is 0. The third kappa shape index (κ3) is 5.16. The molecule has 1 aliphatic heterocycles. The van der Waals surface area contributed by atoms with Crippen LogP contribution < -0.4 is 4.90 Å². The van der Waals surface area contributed by atoms with E-state index in [1.165, 1.54) is 11.1 Å². The van der Waals surface area contributed by atoms with Crippen molar-refractivity contribution in [1.82, 2.24) is 4.90 Å². The lowest BCUT2D eigenvalue weighted by molar-refractivity contribution is -0.128. The van der Waals surface area contributed by atoms with E-state index < -0.39 is 0 Å². The highest BCUT2D eigenvalue weighted by Gasteiger charge is 2.21. The van der Waals surface area contributed by atoms with Gasteiger partial charge in [-0.15, -0.1) is 11.8 Å². The fourth-order valence-electron chi connectivity index (χ4n) is 2.92. The predicted molar refractivity (Wildman–Crippen MR) is 108 cm³/mol. The molecule has 0 aromatic heterocycles. The van der Waals surface area contributed by atoms with Crippen LogP contribution >= 0.6 is 23.4 Å². The Bertz CT molecular complexity index is 712. The highest BCUT2D eigenvalue weighted by Crippen LogP contribution is 2.21. The number of halogens is 1. The van der Waals surface area contributed by atoms with Crippen molar-refractivity contribution in [2.75, 3.05) is 36.8 Å². The first kappa shape index (κ1) is 18.2. The molecule has 3 rings (SSSR count). The lowest BCUT2D eigenvalue weighted by atomic mass is 10.2. The highest BCUT2D eigenvalue weighted by molar-refractivity contribution is 7.99.